The van der Waals surface area contributed by atoms with Gasteiger partial charge in [0, 0.05) is 5.39 Å². The van der Waals surface area contributed by atoms with Crippen LogP contribution in [-0.2, 0) is 9.53 Å². The fourth-order valence-corrected chi connectivity index (χ4v) is 2.48. The van der Waals surface area contributed by atoms with Gasteiger partial charge in [-0.15, -0.1) is 10.2 Å². The highest BCUT2D eigenvalue weighted by Gasteiger charge is 2.11. The molecule has 2 heterocycles. The number of benzene rings is 1. The van der Waals surface area contributed by atoms with Crippen LogP contribution in [0.4, 0.5) is 0 Å². The van der Waals surface area contributed by atoms with E-state index in [2.05, 4.69) is 19.9 Å². The van der Waals surface area contributed by atoms with Gasteiger partial charge in [-0.3, -0.25) is 9.20 Å². The number of carbonyl (C=O) groups excluding carboxylic acids is 1. The first-order valence-electron chi connectivity index (χ1n) is 5.57. The highest BCUT2D eigenvalue weighted by Crippen LogP contribution is 2.21. The van der Waals surface area contributed by atoms with E-state index in [0.29, 0.717) is 5.16 Å². The average molecular weight is 274 g/mol. The number of methoxy groups -OCH3 is 1. The Morgan fingerprint density at radius 3 is 3.05 bits per heavy atom. The Labute approximate surface area is 112 Å². The van der Waals surface area contributed by atoms with Gasteiger partial charge in [-0.25, -0.2) is 4.98 Å². The highest BCUT2D eigenvalue weighted by molar-refractivity contribution is 7.99. The summed E-state index contributed by atoms with van der Waals surface area (Å²) in [6, 6.07) is 7.72. The first-order chi connectivity index (χ1) is 9.29. The maximum Gasteiger partial charge on any atom is 0.316 e. The third kappa shape index (κ3) is 2.12. The Balaban J connectivity index is 2.04. The lowest BCUT2D eigenvalue weighted by Crippen LogP contribution is -2.03. The van der Waals surface area contributed by atoms with Crippen molar-refractivity contribution in [2.24, 2.45) is 0 Å². The van der Waals surface area contributed by atoms with Gasteiger partial charge in [0.15, 0.2) is 10.8 Å². The molecule has 96 valence electrons. The van der Waals surface area contributed by atoms with Gasteiger partial charge in [-0.1, -0.05) is 23.9 Å². The van der Waals surface area contributed by atoms with Crippen molar-refractivity contribution in [3.8, 4) is 0 Å². The number of hydrogen-bond acceptors (Lipinski definition) is 6. The van der Waals surface area contributed by atoms with E-state index in [1.165, 1.54) is 18.9 Å². The first-order valence-corrected chi connectivity index (χ1v) is 6.56. The molecular weight excluding hydrogens is 264 g/mol. The van der Waals surface area contributed by atoms with E-state index in [4.69, 9.17) is 0 Å². The Morgan fingerprint density at radius 2 is 2.21 bits per heavy atom. The summed E-state index contributed by atoms with van der Waals surface area (Å²) in [5, 5.41) is 9.79. The monoisotopic (exact) mass is 274 g/mol. The van der Waals surface area contributed by atoms with Crippen LogP contribution >= 0.6 is 11.8 Å². The number of carbonyl (C=O) groups is 1. The van der Waals surface area contributed by atoms with Crippen LogP contribution in [0.15, 0.2) is 35.7 Å². The fourth-order valence-electron chi connectivity index (χ4n) is 1.74. The number of thioether (sulfide) groups is 1. The molecule has 0 aliphatic rings. The Kier molecular flexibility index (Phi) is 3.04. The molecule has 0 unspecified atom stereocenters. The lowest BCUT2D eigenvalue weighted by molar-refractivity contribution is -0.137. The SMILES string of the molecule is COC(=O)CSc1nnc2c3ccccc3ncn12. The van der Waals surface area contributed by atoms with Crippen molar-refractivity contribution in [3.05, 3.63) is 30.6 Å². The Bertz CT molecular complexity index is 756. The molecule has 0 amide bonds. The summed E-state index contributed by atoms with van der Waals surface area (Å²) in [4.78, 5) is 15.5. The normalized spacial score (nSPS) is 11.0. The van der Waals surface area contributed by atoms with Crippen LogP contribution in [0.25, 0.3) is 16.6 Å². The Hall–Kier alpha value is -2.15. The maximum absolute atomic E-state index is 11.1. The lowest BCUT2D eigenvalue weighted by Gasteiger charge is -2.01. The van der Waals surface area contributed by atoms with Gasteiger partial charge in [0.2, 0.25) is 0 Å². The van der Waals surface area contributed by atoms with E-state index < -0.39 is 0 Å². The molecule has 3 aromatic rings. The van der Waals surface area contributed by atoms with E-state index in [1.54, 1.807) is 10.7 Å². The number of ether oxygens (including phenoxy) is 1. The summed E-state index contributed by atoms with van der Waals surface area (Å²) in [6.07, 6.45) is 1.66. The number of fused-ring (bicyclic) bond motifs is 3. The summed E-state index contributed by atoms with van der Waals surface area (Å²) >= 11 is 1.27. The zero-order valence-electron chi connectivity index (χ0n) is 10.1. The number of aromatic nitrogens is 4. The number of hydrogen-bond donors (Lipinski definition) is 0. The average Bonchev–Trinajstić information content (AvgIpc) is 2.88. The number of nitrogens with zero attached hydrogens (tertiary/aromatic N) is 4. The van der Waals surface area contributed by atoms with Crippen LogP contribution in [-0.4, -0.2) is 38.4 Å². The van der Waals surface area contributed by atoms with Gasteiger partial charge >= 0.3 is 5.97 Å². The quantitative estimate of drug-likeness (QED) is 0.533. The smallest absolute Gasteiger partial charge is 0.316 e. The van der Waals surface area contributed by atoms with Crippen molar-refractivity contribution in [1.29, 1.82) is 0 Å². The van der Waals surface area contributed by atoms with Crippen molar-refractivity contribution in [2.75, 3.05) is 12.9 Å². The molecule has 0 saturated carbocycles. The third-order valence-corrected chi connectivity index (χ3v) is 3.59. The molecule has 0 saturated heterocycles. The minimum Gasteiger partial charge on any atom is -0.468 e. The van der Waals surface area contributed by atoms with Crippen molar-refractivity contribution in [1.82, 2.24) is 19.6 Å². The van der Waals surface area contributed by atoms with Gasteiger partial charge in [0.1, 0.15) is 6.33 Å². The van der Waals surface area contributed by atoms with Crippen molar-refractivity contribution in [2.45, 2.75) is 5.16 Å². The summed E-state index contributed by atoms with van der Waals surface area (Å²) < 4.78 is 6.37. The van der Waals surface area contributed by atoms with Gasteiger partial charge < -0.3 is 4.74 Å². The third-order valence-electron chi connectivity index (χ3n) is 2.67. The van der Waals surface area contributed by atoms with Crippen LogP contribution in [0.2, 0.25) is 0 Å². The van der Waals surface area contributed by atoms with E-state index in [9.17, 15) is 4.79 Å². The summed E-state index contributed by atoms with van der Waals surface area (Å²) in [6.45, 7) is 0. The van der Waals surface area contributed by atoms with E-state index in [1.807, 2.05) is 24.3 Å². The molecule has 0 N–H and O–H groups in total. The standard InChI is InChI=1S/C12H10N4O2S/c1-18-10(17)6-19-12-15-14-11-8-4-2-3-5-9(8)13-7-16(11)12/h2-5,7H,6H2,1H3. The molecule has 0 aliphatic carbocycles. The number of esters is 1. The second-order valence-electron chi connectivity index (χ2n) is 3.80. The second-order valence-corrected chi connectivity index (χ2v) is 4.75. The van der Waals surface area contributed by atoms with Gasteiger partial charge in [0.25, 0.3) is 0 Å². The number of para-hydroxylation sites is 1. The van der Waals surface area contributed by atoms with Crippen LogP contribution in [0.5, 0.6) is 0 Å². The molecular formula is C12H10N4O2S. The van der Waals surface area contributed by atoms with Crippen molar-refractivity contribution >= 4 is 34.3 Å². The molecule has 2 aromatic heterocycles. The summed E-state index contributed by atoms with van der Waals surface area (Å²) in [5.41, 5.74) is 1.60. The van der Waals surface area contributed by atoms with Crippen LogP contribution in [0.3, 0.4) is 0 Å². The molecule has 0 spiro atoms. The zero-order chi connectivity index (χ0) is 13.2. The predicted molar refractivity (Wildman–Crippen MR) is 71.0 cm³/mol. The minimum absolute atomic E-state index is 0.199. The molecule has 0 radical (unpaired) electrons. The van der Waals surface area contributed by atoms with Crippen LogP contribution < -0.4 is 0 Å². The zero-order valence-corrected chi connectivity index (χ0v) is 10.9. The maximum atomic E-state index is 11.1. The Morgan fingerprint density at radius 1 is 1.37 bits per heavy atom. The van der Waals surface area contributed by atoms with Crippen LogP contribution in [0, 0.1) is 0 Å². The highest BCUT2D eigenvalue weighted by atomic mass is 32.2. The molecule has 19 heavy (non-hydrogen) atoms. The molecule has 0 bridgehead atoms. The lowest BCUT2D eigenvalue weighted by atomic mass is 10.2. The van der Waals surface area contributed by atoms with Gasteiger partial charge in [0.05, 0.1) is 18.4 Å². The van der Waals surface area contributed by atoms with Crippen molar-refractivity contribution < 1.29 is 9.53 Å². The van der Waals surface area contributed by atoms with E-state index in [0.717, 1.165) is 16.6 Å². The molecule has 0 atom stereocenters. The predicted octanol–water partition coefficient (Wildman–Crippen LogP) is 1.54. The molecule has 0 aliphatic heterocycles. The van der Waals surface area contributed by atoms with Gasteiger partial charge in [-0.2, -0.15) is 0 Å². The molecule has 3 rings (SSSR count). The van der Waals surface area contributed by atoms with Gasteiger partial charge in [-0.05, 0) is 12.1 Å². The minimum atomic E-state index is -0.296. The molecule has 1 aromatic carbocycles. The summed E-state index contributed by atoms with van der Waals surface area (Å²) in [7, 11) is 1.36. The second kappa shape index (κ2) is 4.85. The topological polar surface area (TPSA) is 69.4 Å². The first kappa shape index (κ1) is 11.9. The number of rotatable bonds is 3. The van der Waals surface area contributed by atoms with E-state index >= 15 is 0 Å². The molecule has 6 nitrogen and oxygen atoms in total. The van der Waals surface area contributed by atoms with Crippen molar-refractivity contribution in [3.63, 3.8) is 0 Å². The summed E-state index contributed by atoms with van der Waals surface area (Å²) in [5.74, 6) is -0.0973. The molecule has 0 fully saturated rings. The largest absolute Gasteiger partial charge is 0.468 e. The van der Waals surface area contributed by atoms with E-state index in [-0.39, 0.29) is 11.7 Å². The fraction of sp³-hybridized carbons (Fsp3) is 0.167. The molecule has 7 heteroatoms. The van der Waals surface area contributed by atoms with Crippen LogP contribution in [0.1, 0.15) is 0 Å².